The van der Waals surface area contributed by atoms with Crippen molar-refractivity contribution < 1.29 is 9.18 Å². The molecule has 2 aromatic carbocycles. The average molecular weight is 366 g/mol. The van der Waals surface area contributed by atoms with Crippen LogP contribution in [0.15, 0.2) is 47.5 Å². The van der Waals surface area contributed by atoms with Crippen molar-refractivity contribution in [3.63, 3.8) is 0 Å². The van der Waals surface area contributed by atoms with Crippen LogP contribution in [0, 0.1) is 5.82 Å². The molecule has 5 nitrogen and oxygen atoms in total. The van der Waals surface area contributed by atoms with E-state index in [9.17, 15) is 9.18 Å². The number of fused-ring (bicyclic) bond motifs is 3. The van der Waals surface area contributed by atoms with Crippen LogP contribution < -0.4 is 16.4 Å². The van der Waals surface area contributed by atoms with E-state index in [1.54, 1.807) is 0 Å². The Bertz CT molecular complexity index is 894. The fourth-order valence-corrected chi connectivity index (χ4v) is 3.71. The lowest BCUT2D eigenvalue weighted by molar-refractivity contribution is 0.0952. The van der Waals surface area contributed by atoms with E-state index >= 15 is 0 Å². The smallest absolute Gasteiger partial charge is 0.251 e. The molecular formula is C21H23FN4O. The summed E-state index contributed by atoms with van der Waals surface area (Å²) in [6, 6.07) is 12.4. The van der Waals surface area contributed by atoms with Crippen LogP contribution in [0.5, 0.6) is 0 Å². The van der Waals surface area contributed by atoms with Gasteiger partial charge < -0.3 is 11.1 Å². The summed E-state index contributed by atoms with van der Waals surface area (Å²) >= 11 is 0. The number of hydrogen-bond acceptors (Lipinski definition) is 4. The van der Waals surface area contributed by atoms with Crippen LogP contribution in [0.2, 0.25) is 0 Å². The van der Waals surface area contributed by atoms with E-state index in [1.165, 1.54) is 12.1 Å². The Labute approximate surface area is 157 Å². The van der Waals surface area contributed by atoms with Crippen molar-refractivity contribution >= 4 is 11.7 Å². The van der Waals surface area contributed by atoms with Gasteiger partial charge in [0.1, 0.15) is 17.8 Å². The summed E-state index contributed by atoms with van der Waals surface area (Å²) in [5, 5.41) is 6.23. The van der Waals surface area contributed by atoms with Crippen LogP contribution in [-0.4, -0.2) is 24.5 Å². The molecule has 140 valence electrons. The molecule has 0 bridgehead atoms. The monoisotopic (exact) mass is 366 g/mol. The van der Waals surface area contributed by atoms with Gasteiger partial charge in [-0.15, -0.1) is 0 Å². The summed E-state index contributed by atoms with van der Waals surface area (Å²) in [6.07, 6.45) is 1.83. The minimum atomic E-state index is -0.232. The Kier molecular flexibility index (Phi) is 4.66. The SMILES string of the molecule is CC[C@@H](CCNC(=O)c1ccc2c(c1)C(N)=N[C@@H]1NC21)c1ccc(F)cc1. The Morgan fingerprint density at radius 3 is 2.81 bits per heavy atom. The third-order valence-corrected chi connectivity index (χ3v) is 5.37. The van der Waals surface area contributed by atoms with Crippen molar-refractivity contribution in [2.75, 3.05) is 6.54 Å². The fraction of sp³-hybridized carbons (Fsp3) is 0.333. The van der Waals surface area contributed by atoms with Gasteiger partial charge in [0.05, 0.1) is 6.04 Å². The highest BCUT2D eigenvalue weighted by atomic mass is 19.1. The van der Waals surface area contributed by atoms with Crippen LogP contribution in [0.1, 0.15) is 58.8 Å². The standard InChI is InChI=1S/C21H23FN4O/c1-2-12(13-3-6-15(22)7-4-13)9-10-24-21(27)14-5-8-16-17(11-14)19(23)26-20-18(16)25-20/h3-8,11-12,18,20,25H,2,9-10H2,1H3,(H2,23,26)(H,24,27)/t12-,18?,20-/m0/s1. The normalized spacial score (nSPS) is 20.9. The minimum absolute atomic E-state index is 0.0922. The van der Waals surface area contributed by atoms with Gasteiger partial charge >= 0.3 is 0 Å². The number of amides is 1. The topological polar surface area (TPSA) is 89.4 Å². The van der Waals surface area contributed by atoms with Gasteiger partial charge in [0, 0.05) is 17.7 Å². The highest BCUT2D eigenvalue weighted by Crippen LogP contribution is 2.37. The van der Waals surface area contributed by atoms with E-state index in [4.69, 9.17) is 5.73 Å². The summed E-state index contributed by atoms with van der Waals surface area (Å²) in [4.78, 5) is 16.9. The molecule has 3 atom stereocenters. The van der Waals surface area contributed by atoms with Crippen molar-refractivity contribution in [3.05, 3.63) is 70.5 Å². The molecule has 0 spiro atoms. The van der Waals surface area contributed by atoms with Gasteiger partial charge in [0.25, 0.3) is 5.91 Å². The van der Waals surface area contributed by atoms with Crippen LogP contribution in [0.3, 0.4) is 0 Å². The zero-order chi connectivity index (χ0) is 19.0. The average Bonchev–Trinajstić information content (AvgIpc) is 3.45. The molecule has 1 amide bonds. The minimum Gasteiger partial charge on any atom is -0.383 e. The van der Waals surface area contributed by atoms with Crippen molar-refractivity contribution in [2.24, 2.45) is 10.7 Å². The van der Waals surface area contributed by atoms with Gasteiger partial charge in [-0.2, -0.15) is 0 Å². The van der Waals surface area contributed by atoms with E-state index in [1.807, 2.05) is 30.3 Å². The number of halogens is 1. The number of amidine groups is 1. The number of aliphatic imine (C=N–C) groups is 1. The molecule has 1 fully saturated rings. The maximum atomic E-state index is 13.1. The molecule has 0 saturated carbocycles. The Balaban J connectivity index is 1.38. The second kappa shape index (κ2) is 7.12. The molecule has 6 heteroatoms. The second-order valence-corrected chi connectivity index (χ2v) is 7.11. The largest absolute Gasteiger partial charge is 0.383 e. The molecule has 1 saturated heterocycles. The first kappa shape index (κ1) is 17.7. The molecule has 0 radical (unpaired) electrons. The van der Waals surface area contributed by atoms with Crippen LogP contribution in [0.4, 0.5) is 4.39 Å². The number of rotatable bonds is 6. The summed E-state index contributed by atoms with van der Waals surface area (Å²) in [7, 11) is 0. The second-order valence-electron chi connectivity index (χ2n) is 7.11. The van der Waals surface area contributed by atoms with E-state index in [0.29, 0.717) is 17.9 Å². The molecule has 1 unspecified atom stereocenters. The first-order valence-corrected chi connectivity index (χ1v) is 9.34. The lowest BCUT2D eigenvalue weighted by Crippen LogP contribution is -2.27. The molecule has 2 aliphatic heterocycles. The van der Waals surface area contributed by atoms with Crippen molar-refractivity contribution in [3.8, 4) is 0 Å². The quantitative estimate of drug-likeness (QED) is 0.687. The number of hydrogen-bond donors (Lipinski definition) is 3. The number of benzene rings is 2. The molecule has 2 aromatic rings. The molecule has 2 aliphatic rings. The highest BCUT2D eigenvalue weighted by molar-refractivity contribution is 6.03. The summed E-state index contributed by atoms with van der Waals surface area (Å²) in [5.41, 5.74) is 9.64. The van der Waals surface area contributed by atoms with Crippen molar-refractivity contribution in [1.29, 1.82) is 0 Å². The Morgan fingerprint density at radius 2 is 2.07 bits per heavy atom. The first-order chi connectivity index (χ1) is 13.1. The van der Waals surface area contributed by atoms with E-state index < -0.39 is 0 Å². The molecule has 4 rings (SSSR count). The Hall–Kier alpha value is -2.73. The number of nitrogens with one attached hydrogen (secondary N) is 2. The predicted octanol–water partition coefficient (Wildman–Crippen LogP) is 2.83. The van der Waals surface area contributed by atoms with Gasteiger partial charge in [-0.25, -0.2) is 9.38 Å². The lowest BCUT2D eigenvalue weighted by Gasteiger charge is -2.16. The summed E-state index contributed by atoms with van der Waals surface area (Å²) in [5.74, 6) is 0.415. The number of carbonyl (C=O) groups excluding carboxylic acids is 1. The van der Waals surface area contributed by atoms with E-state index in [0.717, 1.165) is 29.5 Å². The third kappa shape index (κ3) is 3.57. The number of nitrogens with zero attached hydrogens (tertiary/aromatic N) is 1. The maximum absolute atomic E-state index is 13.1. The predicted molar refractivity (Wildman–Crippen MR) is 103 cm³/mol. The van der Waals surface area contributed by atoms with Gasteiger partial charge in [-0.1, -0.05) is 25.1 Å². The maximum Gasteiger partial charge on any atom is 0.251 e. The summed E-state index contributed by atoms with van der Waals surface area (Å²) in [6.45, 7) is 2.66. The van der Waals surface area contributed by atoms with E-state index in [2.05, 4.69) is 22.5 Å². The fourth-order valence-electron chi connectivity index (χ4n) is 3.71. The van der Waals surface area contributed by atoms with Gasteiger partial charge in [0.2, 0.25) is 0 Å². The summed E-state index contributed by atoms with van der Waals surface area (Å²) < 4.78 is 13.1. The van der Waals surface area contributed by atoms with Crippen molar-refractivity contribution in [1.82, 2.24) is 10.6 Å². The van der Waals surface area contributed by atoms with Crippen LogP contribution in [0.25, 0.3) is 0 Å². The number of nitrogens with two attached hydrogens (primary N) is 1. The Morgan fingerprint density at radius 1 is 1.30 bits per heavy atom. The molecule has 0 aliphatic carbocycles. The third-order valence-electron chi connectivity index (χ3n) is 5.37. The zero-order valence-corrected chi connectivity index (χ0v) is 15.2. The van der Waals surface area contributed by atoms with Crippen molar-refractivity contribution in [2.45, 2.75) is 37.9 Å². The van der Waals surface area contributed by atoms with Crippen LogP contribution >= 0.6 is 0 Å². The molecular weight excluding hydrogens is 343 g/mol. The lowest BCUT2D eigenvalue weighted by atomic mass is 9.93. The van der Waals surface area contributed by atoms with Gasteiger partial charge in [-0.05, 0) is 54.2 Å². The van der Waals surface area contributed by atoms with Gasteiger partial charge in [0.15, 0.2) is 0 Å². The number of carbonyl (C=O) groups is 1. The zero-order valence-electron chi connectivity index (χ0n) is 15.2. The molecule has 4 N–H and O–H groups in total. The van der Waals surface area contributed by atoms with Crippen LogP contribution in [-0.2, 0) is 0 Å². The van der Waals surface area contributed by atoms with E-state index in [-0.39, 0.29) is 29.8 Å². The molecule has 2 heterocycles. The first-order valence-electron chi connectivity index (χ1n) is 9.34. The van der Waals surface area contributed by atoms with Gasteiger partial charge in [-0.3, -0.25) is 10.1 Å². The molecule has 27 heavy (non-hydrogen) atoms. The molecule has 0 aromatic heterocycles. The highest BCUT2D eigenvalue weighted by Gasteiger charge is 2.42.